The summed E-state index contributed by atoms with van der Waals surface area (Å²) in [5, 5.41) is 13.0. The van der Waals surface area contributed by atoms with E-state index in [0.29, 0.717) is 13.1 Å². The second-order valence-electron chi connectivity index (χ2n) is 4.53. The summed E-state index contributed by atoms with van der Waals surface area (Å²) in [5.41, 5.74) is 5.66. The second-order valence-corrected chi connectivity index (χ2v) is 4.53. The second kappa shape index (κ2) is 6.89. The normalized spacial score (nSPS) is 10.7. The maximum atomic E-state index is 12.2. The zero-order valence-electron chi connectivity index (χ0n) is 11.2. The Labute approximate surface area is 112 Å². The van der Waals surface area contributed by atoms with E-state index < -0.39 is 5.97 Å². The summed E-state index contributed by atoms with van der Waals surface area (Å²) in [5.74, 6) is -1.41. The zero-order chi connectivity index (χ0) is 14.4. The van der Waals surface area contributed by atoms with Gasteiger partial charge in [0.25, 0.3) is 5.91 Å². The van der Waals surface area contributed by atoms with Gasteiger partial charge in [0.1, 0.15) is 12.2 Å². The summed E-state index contributed by atoms with van der Waals surface area (Å²) >= 11 is 0. The van der Waals surface area contributed by atoms with E-state index in [2.05, 4.69) is 5.10 Å². The van der Waals surface area contributed by atoms with Crippen molar-refractivity contribution in [1.82, 2.24) is 14.7 Å². The molecule has 0 fully saturated rings. The van der Waals surface area contributed by atoms with Crippen LogP contribution in [-0.4, -0.2) is 50.8 Å². The van der Waals surface area contributed by atoms with Gasteiger partial charge in [0.2, 0.25) is 0 Å². The van der Waals surface area contributed by atoms with Crippen LogP contribution in [0.1, 0.15) is 30.8 Å². The number of carbonyl (C=O) groups excluding carboxylic acids is 1. The van der Waals surface area contributed by atoms with Gasteiger partial charge >= 0.3 is 5.97 Å². The van der Waals surface area contributed by atoms with Crippen LogP contribution < -0.4 is 5.73 Å². The summed E-state index contributed by atoms with van der Waals surface area (Å²) in [6.45, 7) is 4.41. The standard InChI is InChI=1S/C12H20N4O3/c1-9(2)16(8-11(17)18)12(19)10-4-7-15(14-10)6-3-5-13/h4,7,9H,3,5-6,8,13H2,1-2H3,(H,17,18). The molecule has 0 saturated heterocycles. The van der Waals surface area contributed by atoms with Crippen LogP contribution in [0, 0.1) is 0 Å². The summed E-state index contributed by atoms with van der Waals surface area (Å²) in [4.78, 5) is 24.2. The third-order valence-electron chi connectivity index (χ3n) is 2.64. The summed E-state index contributed by atoms with van der Waals surface area (Å²) < 4.78 is 1.64. The lowest BCUT2D eigenvalue weighted by molar-refractivity contribution is -0.138. The molecule has 0 aromatic carbocycles. The first kappa shape index (κ1) is 15.2. The molecule has 0 bridgehead atoms. The molecule has 0 unspecified atom stereocenters. The van der Waals surface area contributed by atoms with Gasteiger partial charge in [-0.05, 0) is 32.9 Å². The van der Waals surface area contributed by atoms with Gasteiger partial charge in [-0.15, -0.1) is 0 Å². The van der Waals surface area contributed by atoms with Gasteiger partial charge in [-0.1, -0.05) is 0 Å². The number of nitrogens with two attached hydrogens (primary N) is 1. The Morgan fingerprint density at radius 1 is 1.53 bits per heavy atom. The molecular weight excluding hydrogens is 248 g/mol. The molecule has 1 amide bonds. The Bertz CT molecular complexity index is 442. The number of nitrogens with zero attached hydrogens (tertiary/aromatic N) is 3. The predicted molar refractivity (Wildman–Crippen MR) is 69.7 cm³/mol. The van der Waals surface area contributed by atoms with E-state index in [1.54, 1.807) is 30.8 Å². The highest BCUT2D eigenvalue weighted by Gasteiger charge is 2.23. The Kier molecular flexibility index (Phi) is 5.50. The Morgan fingerprint density at radius 2 is 2.21 bits per heavy atom. The number of amides is 1. The molecule has 106 valence electrons. The first-order valence-electron chi connectivity index (χ1n) is 6.22. The Balaban J connectivity index is 2.78. The van der Waals surface area contributed by atoms with Gasteiger partial charge in [-0.3, -0.25) is 14.3 Å². The average molecular weight is 268 g/mol. The maximum Gasteiger partial charge on any atom is 0.323 e. The van der Waals surface area contributed by atoms with Gasteiger partial charge in [0.15, 0.2) is 0 Å². The van der Waals surface area contributed by atoms with Crippen LogP contribution in [-0.2, 0) is 11.3 Å². The molecule has 0 radical (unpaired) electrons. The fourth-order valence-electron chi connectivity index (χ4n) is 1.64. The topological polar surface area (TPSA) is 101 Å². The zero-order valence-corrected chi connectivity index (χ0v) is 11.2. The monoisotopic (exact) mass is 268 g/mol. The number of carboxylic acids is 1. The van der Waals surface area contributed by atoms with E-state index in [9.17, 15) is 9.59 Å². The average Bonchev–Trinajstić information content (AvgIpc) is 2.80. The van der Waals surface area contributed by atoms with Crippen molar-refractivity contribution < 1.29 is 14.7 Å². The molecule has 1 rings (SSSR count). The Hall–Kier alpha value is -1.89. The number of hydrogen-bond donors (Lipinski definition) is 2. The number of rotatable bonds is 7. The van der Waals surface area contributed by atoms with Crippen molar-refractivity contribution in [3.63, 3.8) is 0 Å². The van der Waals surface area contributed by atoms with Crippen molar-refractivity contribution in [3.8, 4) is 0 Å². The molecule has 1 heterocycles. The SMILES string of the molecule is CC(C)N(CC(=O)O)C(=O)c1ccn(CCCN)n1. The molecule has 3 N–H and O–H groups in total. The van der Waals surface area contributed by atoms with Crippen LogP contribution in [0.15, 0.2) is 12.3 Å². The fraction of sp³-hybridized carbons (Fsp3) is 0.583. The van der Waals surface area contributed by atoms with E-state index in [-0.39, 0.29) is 24.2 Å². The quantitative estimate of drug-likeness (QED) is 0.734. The number of carboxylic acid groups (broad SMARTS) is 1. The number of carbonyl (C=O) groups is 2. The molecule has 7 heteroatoms. The molecule has 0 aliphatic heterocycles. The van der Waals surface area contributed by atoms with Crippen molar-refractivity contribution in [2.45, 2.75) is 32.9 Å². The smallest absolute Gasteiger partial charge is 0.323 e. The lowest BCUT2D eigenvalue weighted by atomic mass is 10.2. The van der Waals surface area contributed by atoms with Crippen molar-refractivity contribution in [3.05, 3.63) is 18.0 Å². The van der Waals surface area contributed by atoms with Crippen LogP contribution in [0.25, 0.3) is 0 Å². The predicted octanol–water partition coefficient (Wildman–Crippen LogP) is 0.167. The lowest BCUT2D eigenvalue weighted by Crippen LogP contribution is -2.40. The van der Waals surface area contributed by atoms with Gasteiger partial charge < -0.3 is 15.7 Å². The van der Waals surface area contributed by atoms with E-state index in [1.165, 1.54) is 4.90 Å². The molecule has 7 nitrogen and oxygen atoms in total. The van der Waals surface area contributed by atoms with Gasteiger partial charge in [0.05, 0.1) is 0 Å². The van der Waals surface area contributed by atoms with Crippen LogP contribution in [0.2, 0.25) is 0 Å². The highest BCUT2D eigenvalue weighted by atomic mass is 16.4. The maximum absolute atomic E-state index is 12.2. The largest absolute Gasteiger partial charge is 0.480 e. The number of hydrogen-bond acceptors (Lipinski definition) is 4. The minimum Gasteiger partial charge on any atom is -0.480 e. The Morgan fingerprint density at radius 3 is 2.74 bits per heavy atom. The molecule has 0 atom stereocenters. The molecule has 0 aliphatic rings. The van der Waals surface area contributed by atoms with E-state index in [4.69, 9.17) is 10.8 Å². The minimum absolute atomic E-state index is 0.196. The molecule has 19 heavy (non-hydrogen) atoms. The minimum atomic E-state index is -1.04. The number of aromatic nitrogens is 2. The van der Waals surface area contributed by atoms with Crippen LogP contribution >= 0.6 is 0 Å². The summed E-state index contributed by atoms with van der Waals surface area (Å²) in [6.07, 6.45) is 2.47. The third kappa shape index (κ3) is 4.36. The van der Waals surface area contributed by atoms with Crippen molar-refractivity contribution in [1.29, 1.82) is 0 Å². The number of aliphatic carboxylic acids is 1. The van der Waals surface area contributed by atoms with Crippen molar-refractivity contribution >= 4 is 11.9 Å². The van der Waals surface area contributed by atoms with Gasteiger partial charge in [0, 0.05) is 18.8 Å². The van der Waals surface area contributed by atoms with Crippen LogP contribution in [0.3, 0.4) is 0 Å². The molecule has 0 spiro atoms. The van der Waals surface area contributed by atoms with Gasteiger partial charge in [-0.2, -0.15) is 5.10 Å². The lowest BCUT2D eigenvalue weighted by Gasteiger charge is -2.23. The summed E-state index contributed by atoms with van der Waals surface area (Å²) in [6, 6.07) is 1.40. The first-order valence-corrected chi connectivity index (χ1v) is 6.22. The highest BCUT2D eigenvalue weighted by Crippen LogP contribution is 2.07. The van der Waals surface area contributed by atoms with Crippen molar-refractivity contribution in [2.75, 3.05) is 13.1 Å². The number of aryl methyl sites for hydroxylation is 1. The van der Waals surface area contributed by atoms with Crippen molar-refractivity contribution in [2.24, 2.45) is 5.73 Å². The molecule has 1 aromatic rings. The fourth-order valence-corrected chi connectivity index (χ4v) is 1.64. The first-order chi connectivity index (χ1) is 8.95. The van der Waals surface area contributed by atoms with E-state index in [0.717, 1.165) is 6.42 Å². The van der Waals surface area contributed by atoms with Gasteiger partial charge in [-0.25, -0.2) is 0 Å². The van der Waals surface area contributed by atoms with Crippen LogP contribution in [0.4, 0.5) is 0 Å². The molecule has 0 aliphatic carbocycles. The molecular formula is C12H20N4O3. The van der Waals surface area contributed by atoms with E-state index in [1.807, 2.05) is 0 Å². The molecule has 1 aromatic heterocycles. The third-order valence-corrected chi connectivity index (χ3v) is 2.64. The van der Waals surface area contributed by atoms with Crippen LogP contribution in [0.5, 0.6) is 0 Å². The molecule has 0 saturated carbocycles. The summed E-state index contributed by atoms with van der Waals surface area (Å²) in [7, 11) is 0. The van der Waals surface area contributed by atoms with E-state index >= 15 is 0 Å². The highest BCUT2D eigenvalue weighted by molar-refractivity contribution is 5.94.